The quantitative estimate of drug-likeness (QED) is 0.784. The molecule has 158 valence electrons. The first-order chi connectivity index (χ1) is 14.6. The number of thiophene rings is 1. The lowest BCUT2D eigenvalue weighted by Gasteiger charge is -2.38. The number of amides is 3. The summed E-state index contributed by atoms with van der Waals surface area (Å²) in [6.45, 7) is 3.61. The second kappa shape index (κ2) is 9.30. The van der Waals surface area contributed by atoms with E-state index in [1.165, 1.54) is 11.3 Å². The summed E-state index contributed by atoms with van der Waals surface area (Å²) in [5.74, 6) is -0.408. The molecule has 1 N–H and O–H groups in total. The van der Waals surface area contributed by atoms with Crippen molar-refractivity contribution < 1.29 is 14.4 Å². The van der Waals surface area contributed by atoms with Crippen molar-refractivity contribution in [3.63, 3.8) is 0 Å². The van der Waals surface area contributed by atoms with E-state index in [0.29, 0.717) is 26.2 Å². The van der Waals surface area contributed by atoms with Gasteiger partial charge in [-0.3, -0.25) is 14.4 Å². The van der Waals surface area contributed by atoms with Gasteiger partial charge in [-0.1, -0.05) is 24.3 Å². The molecule has 3 amide bonds. The predicted molar refractivity (Wildman–Crippen MR) is 116 cm³/mol. The Morgan fingerprint density at radius 3 is 2.43 bits per heavy atom. The Kier molecular flexibility index (Phi) is 6.32. The molecule has 0 bridgehead atoms. The standard InChI is InChI=1S/C22H26N4O3S/c27-20(25-12-10-24(11-13-25)17-5-2-1-3-6-17)16-19-22(29)23-8-9-26(19)21(28)15-18-7-4-14-30-18/h1-7,14,19H,8-13,15-16H2,(H,23,29)/t19-/m1/s1. The van der Waals surface area contributed by atoms with Crippen LogP contribution in [0, 0.1) is 0 Å². The molecule has 1 atom stereocenters. The molecular formula is C22H26N4O3S. The molecule has 7 nitrogen and oxygen atoms in total. The smallest absolute Gasteiger partial charge is 0.243 e. The number of hydrogen-bond acceptors (Lipinski definition) is 5. The van der Waals surface area contributed by atoms with E-state index in [0.717, 1.165) is 23.7 Å². The van der Waals surface area contributed by atoms with Crippen LogP contribution in [0.25, 0.3) is 0 Å². The van der Waals surface area contributed by atoms with Gasteiger partial charge in [-0.05, 0) is 23.6 Å². The van der Waals surface area contributed by atoms with Crippen LogP contribution < -0.4 is 10.2 Å². The highest BCUT2D eigenvalue weighted by atomic mass is 32.1. The first-order valence-electron chi connectivity index (χ1n) is 10.3. The van der Waals surface area contributed by atoms with Crippen LogP contribution in [0.1, 0.15) is 11.3 Å². The fourth-order valence-electron chi connectivity index (χ4n) is 4.03. The third-order valence-electron chi connectivity index (χ3n) is 5.68. The summed E-state index contributed by atoms with van der Waals surface area (Å²) in [6, 6.07) is 13.2. The van der Waals surface area contributed by atoms with E-state index in [9.17, 15) is 14.4 Å². The van der Waals surface area contributed by atoms with Crippen molar-refractivity contribution in [2.24, 2.45) is 0 Å². The SMILES string of the molecule is O=C1NCCN(C(=O)Cc2cccs2)[C@@H]1CC(=O)N1CCN(c2ccccc2)CC1. The number of nitrogens with zero attached hydrogens (tertiary/aromatic N) is 3. The molecule has 2 aliphatic rings. The highest BCUT2D eigenvalue weighted by Gasteiger charge is 2.36. The van der Waals surface area contributed by atoms with Crippen molar-refractivity contribution in [1.82, 2.24) is 15.1 Å². The number of anilines is 1. The summed E-state index contributed by atoms with van der Waals surface area (Å²) in [7, 11) is 0. The average Bonchev–Trinajstić information content (AvgIpc) is 3.29. The molecule has 1 aromatic heterocycles. The summed E-state index contributed by atoms with van der Waals surface area (Å²) < 4.78 is 0. The van der Waals surface area contributed by atoms with Gasteiger partial charge in [0.1, 0.15) is 6.04 Å². The molecule has 30 heavy (non-hydrogen) atoms. The zero-order valence-electron chi connectivity index (χ0n) is 16.8. The molecular weight excluding hydrogens is 400 g/mol. The Morgan fingerprint density at radius 2 is 1.73 bits per heavy atom. The number of nitrogens with one attached hydrogen (secondary N) is 1. The minimum Gasteiger partial charge on any atom is -0.368 e. The number of para-hydroxylation sites is 1. The normalized spacial score (nSPS) is 19.5. The number of piperazine rings is 2. The summed E-state index contributed by atoms with van der Waals surface area (Å²) in [4.78, 5) is 44.8. The van der Waals surface area contributed by atoms with Crippen molar-refractivity contribution in [2.45, 2.75) is 18.9 Å². The maximum absolute atomic E-state index is 12.9. The van der Waals surface area contributed by atoms with Crippen LogP contribution in [0.5, 0.6) is 0 Å². The number of rotatable bonds is 5. The number of carbonyl (C=O) groups is 3. The summed E-state index contributed by atoms with van der Waals surface area (Å²) in [6.07, 6.45) is 0.304. The van der Waals surface area contributed by atoms with Crippen molar-refractivity contribution >= 4 is 34.7 Å². The van der Waals surface area contributed by atoms with Crippen molar-refractivity contribution in [1.29, 1.82) is 0 Å². The minimum absolute atomic E-state index is 0.0351. The van der Waals surface area contributed by atoms with E-state index in [1.807, 2.05) is 40.6 Å². The van der Waals surface area contributed by atoms with Gasteiger partial charge in [0.15, 0.2) is 0 Å². The molecule has 0 radical (unpaired) electrons. The number of hydrogen-bond donors (Lipinski definition) is 1. The van der Waals surface area contributed by atoms with Gasteiger partial charge >= 0.3 is 0 Å². The van der Waals surface area contributed by atoms with E-state index in [1.54, 1.807) is 4.90 Å². The highest BCUT2D eigenvalue weighted by Crippen LogP contribution is 2.19. The van der Waals surface area contributed by atoms with Gasteiger partial charge in [0, 0.05) is 49.8 Å². The van der Waals surface area contributed by atoms with E-state index in [-0.39, 0.29) is 30.6 Å². The second-order valence-corrected chi connectivity index (χ2v) is 8.59. The second-order valence-electron chi connectivity index (χ2n) is 7.56. The molecule has 0 unspecified atom stereocenters. The Labute approximate surface area is 180 Å². The number of benzene rings is 1. The molecule has 0 aliphatic carbocycles. The van der Waals surface area contributed by atoms with Gasteiger partial charge in [-0.25, -0.2) is 0 Å². The first kappa shape index (κ1) is 20.4. The molecule has 4 rings (SSSR count). The van der Waals surface area contributed by atoms with Gasteiger partial charge in [-0.2, -0.15) is 0 Å². The monoisotopic (exact) mass is 426 g/mol. The lowest BCUT2D eigenvalue weighted by Crippen LogP contribution is -2.59. The predicted octanol–water partition coefficient (Wildman–Crippen LogP) is 1.36. The Hall–Kier alpha value is -2.87. The summed E-state index contributed by atoms with van der Waals surface area (Å²) >= 11 is 1.52. The zero-order valence-corrected chi connectivity index (χ0v) is 17.6. The molecule has 2 saturated heterocycles. The van der Waals surface area contributed by atoms with Gasteiger partial charge < -0.3 is 20.0 Å². The van der Waals surface area contributed by atoms with Crippen LogP contribution in [0.2, 0.25) is 0 Å². The fourth-order valence-corrected chi connectivity index (χ4v) is 4.72. The lowest BCUT2D eigenvalue weighted by molar-refractivity contribution is -0.146. The molecule has 0 saturated carbocycles. The topological polar surface area (TPSA) is 73.0 Å². The molecule has 0 spiro atoms. The molecule has 2 aromatic rings. The fraction of sp³-hybridized carbons (Fsp3) is 0.409. The van der Waals surface area contributed by atoms with Gasteiger partial charge in [0.25, 0.3) is 0 Å². The first-order valence-corrected chi connectivity index (χ1v) is 11.2. The third-order valence-corrected chi connectivity index (χ3v) is 6.55. The zero-order chi connectivity index (χ0) is 20.9. The van der Waals surface area contributed by atoms with E-state index in [4.69, 9.17) is 0 Å². The Bertz CT molecular complexity index is 879. The lowest BCUT2D eigenvalue weighted by atomic mass is 10.1. The average molecular weight is 427 g/mol. The van der Waals surface area contributed by atoms with E-state index >= 15 is 0 Å². The van der Waals surface area contributed by atoms with Crippen LogP contribution in [0.3, 0.4) is 0 Å². The molecule has 2 fully saturated rings. The maximum atomic E-state index is 12.9. The van der Waals surface area contributed by atoms with Gasteiger partial charge in [-0.15, -0.1) is 11.3 Å². The Morgan fingerprint density at radius 1 is 0.967 bits per heavy atom. The summed E-state index contributed by atoms with van der Waals surface area (Å²) in [5, 5.41) is 4.74. The van der Waals surface area contributed by atoms with E-state index < -0.39 is 6.04 Å². The van der Waals surface area contributed by atoms with Crippen LogP contribution in [-0.2, 0) is 20.8 Å². The molecule has 1 aromatic carbocycles. The Balaban J connectivity index is 1.35. The van der Waals surface area contributed by atoms with Crippen LogP contribution in [0.4, 0.5) is 5.69 Å². The van der Waals surface area contributed by atoms with Crippen LogP contribution in [0.15, 0.2) is 47.8 Å². The molecule has 2 aliphatic heterocycles. The van der Waals surface area contributed by atoms with Crippen molar-refractivity contribution in [3.8, 4) is 0 Å². The van der Waals surface area contributed by atoms with Gasteiger partial charge in [0.05, 0.1) is 12.8 Å². The van der Waals surface area contributed by atoms with Gasteiger partial charge in [0.2, 0.25) is 17.7 Å². The van der Waals surface area contributed by atoms with Crippen LogP contribution >= 0.6 is 11.3 Å². The summed E-state index contributed by atoms with van der Waals surface area (Å²) in [5.41, 5.74) is 1.15. The van der Waals surface area contributed by atoms with Crippen molar-refractivity contribution in [3.05, 3.63) is 52.7 Å². The minimum atomic E-state index is -0.731. The van der Waals surface area contributed by atoms with Crippen LogP contribution in [-0.4, -0.2) is 72.8 Å². The largest absolute Gasteiger partial charge is 0.368 e. The maximum Gasteiger partial charge on any atom is 0.243 e. The highest BCUT2D eigenvalue weighted by molar-refractivity contribution is 7.10. The number of carbonyl (C=O) groups excluding carboxylic acids is 3. The third kappa shape index (κ3) is 4.64. The van der Waals surface area contributed by atoms with Crippen molar-refractivity contribution in [2.75, 3.05) is 44.2 Å². The van der Waals surface area contributed by atoms with E-state index in [2.05, 4.69) is 22.3 Å². The molecule has 8 heteroatoms. The molecule has 3 heterocycles.